The lowest BCUT2D eigenvalue weighted by atomic mass is 9.98. The van der Waals surface area contributed by atoms with Gasteiger partial charge in [-0.25, -0.2) is 4.79 Å². The molecule has 38 heavy (non-hydrogen) atoms. The van der Waals surface area contributed by atoms with Crippen molar-refractivity contribution in [1.82, 2.24) is 16.0 Å². The van der Waals surface area contributed by atoms with E-state index in [0.29, 0.717) is 12.0 Å². The summed E-state index contributed by atoms with van der Waals surface area (Å²) in [5.74, 6) is -4.85. The maximum absolute atomic E-state index is 13.2. The monoisotopic (exact) mass is 536 g/mol. The normalized spacial score (nSPS) is 15.0. The lowest BCUT2D eigenvalue weighted by Crippen LogP contribution is -2.58. The maximum Gasteiger partial charge on any atom is 0.326 e. The fraction of sp³-hybridized carbons (Fsp3) is 0.577. The highest BCUT2D eigenvalue weighted by Crippen LogP contribution is 2.13. The Morgan fingerprint density at radius 1 is 0.842 bits per heavy atom. The van der Waals surface area contributed by atoms with E-state index in [1.54, 1.807) is 32.9 Å². The molecule has 8 N–H and O–H groups in total. The number of carbonyl (C=O) groups is 5. The van der Waals surface area contributed by atoms with E-state index in [9.17, 15) is 34.2 Å². The molecule has 5 atom stereocenters. The zero-order valence-corrected chi connectivity index (χ0v) is 22.3. The number of aromatic hydroxyl groups is 1. The van der Waals surface area contributed by atoms with Crippen molar-refractivity contribution in [3.05, 3.63) is 29.8 Å². The molecule has 3 amide bonds. The number of benzene rings is 1. The SMILES string of the molecule is CCC(C)C(N)C(=O)NC(CCC(=O)O)C(=O)NC(Cc1ccc(O)cc1)C(=O)NC(CC(C)C)C(=O)O. The maximum atomic E-state index is 13.2. The summed E-state index contributed by atoms with van der Waals surface area (Å²) in [4.78, 5) is 61.9. The Morgan fingerprint density at radius 3 is 1.87 bits per heavy atom. The van der Waals surface area contributed by atoms with Gasteiger partial charge in [-0.05, 0) is 42.4 Å². The molecule has 1 aromatic rings. The third-order valence-electron chi connectivity index (χ3n) is 6.17. The van der Waals surface area contributed by atoms with Crippen LogP contribution in [0.25, 0.3) is 0 Å². The van der Waals surface area contributed by atoms with Crippen LogP contribution in [-0.4, -0.2) is 69.1 Å². The van der Waals surface area contributed by atoms with E-state index in [1.165, 1.54) is 12.1 Å². The van der Waals surface area contributed by atoms with Crippen LogP contribution in [0.3, 0.4) is 0 Å². The fourth-order valence-electron chi connectivity index (χ4n) is 3.63. The molecule has 1 aromatic carbocycles. The van der Waals surface area contributed by atoms with Crippen molar-refractivity contribution in [3.63, 3.8) is 0 Å². The van der Waals surface area contributed by atoms with Crippen molar-refractivity contribution < 1.29 is 39.3 Å². The van der Waals surface area contributed by atoms with Crippen molar-refractivity contribution in [2.24, 2.45) is 17.6 Å². The minimum Gasteiger partial charge on any atom is -0.508 e. The molecule has 12 nitrogen and oxygen atoms in total. The van der Waals surface area contributed by atoms with Gasteiger partial charge in [0.1, 0.15) is 23.9 Å². The Morgan fingerprint density at radius 2 is 1.37 bits per heavy atom. The van der Waals surface area contributed by atoms with Crippen molar-refractivity contribution in [2.45, 2.75) is 84.0 Å². The molecule has 0 heterocycles. The van der Waals surface area contributed by atoms with Crippen LogP contribution in [0.1, 0.15) is 58.9 Å². The zero-order chi connectivity index (χ0) is 29.0. The first-order chi connectivity index (χ1) is 17.7. The van der Waals surface area contributed by atoms with E-state index < -0.39 is 60.2 Å². The van der Waals surface area contributed by atoms with Gasteiger partial charge < -0.3 is 37.0 Å². The molecule has 212 valence electrons. The van der Waals surface area contributed by atoms with Gasteiger partial charge in [0.25, 0.3) is 0 Å². The average molecular weight is 537 g/mol. The van der Waals surface area contributed by atoms with Crippen LogP contribution in [0, 0.1) is 11.8 Å². The summed E-state index contributed by atoms with van der Waals surface area (Å²) in [6.07, 6.45) is 0.0280. The van der Waals surface area contributed by atoms with Crippen molar-refractivity contribution in [1.29, 1.82) is 0 Å². The lowest BCUT2D eigenvalue weighted by Gasteiger charge is -2.26. The zero-order valence-electron chi connectivity index (χ0n) is 22.3. The topological polar surface area (TPSA) is 208 Å². The predicted molar refractivity (Wildman–Crippen MR) is 139 cm³/mol. The number of rotatable bonds is 16. The second kappa shape index (κ2) is 15.6. The van der Waals surface area contributed by atoms with Gasteiger partial charge in [0, 0.05) is 12.8 Å². The van der Waals surface area contributed by atoms with E-state index in [4.69, 9.17) is 10.8 Å². The molecule has 0 aliphatic carbocycles. The molecule has 0 saturated heterocycles. The average Bonchev–Trinajstić information content (AvgIpc) is 2.85. The molecule has 0 saturated carbocycles. The molecule has 0 aromatic heterocycles. The molecule has 0 radical (unpaired) electrons. The third kappa shape index (κ3) is 11.2. The van der Waals surface area contributed by atoms with Gasteiger partial charge in [-0.15, -0.1) is 0 Å². The van der Waals surface area contributed by atoms with E-state index in [0.717, 1.165) is 0 Å². The summed E-state index contributed by atoms with van der Waals surface area (Å²) in [5.41, 5.74) is 6.52. The number of amides is 3. The summed E-state index contributed by atoms with van der Waals surface area (Å²) < 4.78 is 0. The number of phenols is 1. The first-order valence-corrected chi connectivity index (χ1v) is 12.6. The number of nitrogens with one attached hydrogen (secondary N) is 3. The van der Waals surface area contributed by atoms with Crippen LogP contribution >= 0.6 is 0 Å². The van der Waals surface area contributed by atoms with Gasteiger partial charge in [-0.2, -0.15) is 0 Å². The standard InChI is InChI=1S/C26H40N4O8/c1-5-15(4)22(27)25(36)28-18(10-11-21(32)33)23(34)29-19(13-16-6-8-17(31)9-7-16)24(35)30-20(26(37)38)12-14(2)3/h6-9,14-15,18-20,22,31H,5,10-13,27H2,1-4H3,(H,28,36)(H,29,34)(H,30,35)(H,32,33)(H,37,38). The molecular weight excluding hydrogens is 496 g/mol. The van der Waals surface area contributed by atoms with Crippen LogP contribution in [0.2, 0.25) is 0 Å². The molecular formula is C26H40N4O8. The number of phenolic OH excluding ortho intramolecular Hbond substituents is 1. The van der Waals surface area contributed by atoms with Gasteiger partial charge >= 0.3 is 11.9 Å². The Hall–Kier alpha value is -3.67. The third-order valence-corrected chi connectivity index (χ3v) is 6.17. The Kier molecular flexibility index (Phi) is 13.2. The van der Waals surface area contributed by atoms with Crippen molar-refractivity contribution >= 4 is 29.7 Å². The van der Waals surface area contributed by atoms with Crippen LogP contribution < -0.4 is 21.7 Å². The molecule has 12 heteroatoms. The first kappa shape index (κ1) is 32.4. The Balaban J connectivity index is 3.20. The number of carboxylic acid groups (broad SMARTS) is 2. The van der Waals surface area contributed by atoms with Crippen molar-refractivity contribution in [3.8, 4) is 5.75 Å². The molecule has 0 bridgehead atoms. The summed E-state index contributed by atoms with van der Waals surface area (Å²) >= 11 is 0. The minimum absolute atomic E-state index is 0.00393. The molecule has 0 spiro atoms. The number of hydrogen-bond acceptors (Lipinski definition) is 7. The van der Waals surface area contributed by atoms with Crippen molar-refractivity contribution in [2.75, 3.05) is 0 Å². The summed E-state index contributed by atoms with van der Waals surface area (Å²) in [5, 5.41) is 35.7. The molecule has 5 unspecified atom stereocenters. The Labute approximate surface area is 222 Å². The molecule has 0 aliphatic rings. The van der Waals surface area contributed by atoms with E-state index >= 15 is 0 Å². The van der Waals surface area contributed by atoms with Gasteiger partial charge in [0.2, 0.25) is 17.7 Å². The summed E-state index contributed by atoms with van der Waals surface area (Å²) in [6, 6.07) is 1.21. The highest BCUT2D eigenvalue weighted by atomic mass is 16.4. The smallest absolute Gasteiger partial charge is 0.326 e. The number of nitrogens with two attached hydrogens (primary N) is 1. The molecule has 0 fully saturated rings. The second-order valence-electron chi connectivity index (χ2n) is 9.87. The highest BCUT2D eigenvalue weighted by Gasteiger charge is 2.31. The molecule has 0 aliphatic heterocycles. The largest absolute Gasteiger partial charge is 0.508 e. The van der Waals surface area contributed by atoms with Crippen LogP contribution in [-0.2, 0) is 30.4 Å². The Bertz CT molecular complexity index is 966. The van der Waals surface area contributed by atoms with Gasteiger partial charge in [-0.1, -0.05) is 46.2 Å². The van der Waals surface area contributed by atoms with E-state index in [1.807, 2.05) is 6.92 Å². The first-order valence-electron chi connectivity index (χ1n) is 12.6. The fourth-order valence-corrected chi connectivity index (χ4v) is 3.63. The lowest BCUT2D eigenvalue weighted by molar-refractivity contribution is -0.142. The summed E-state index contributed by atoms with van der Waals surface area (Å²) in [6.45, 7) is 7.22. The number of aliphatic carboxylic acids is 2. The van der Waals surface area contributed by atoms with Gasteiger partial charge in [0.05, 0.1) is 6.04 Å². The summed E-state index contributed by atoms with van der Waals surface area (Å²) in [7, 11) is 0. The number of carbonyl (C=O) groups excluding carboxylic acids is 3. The molecule has 1 rings (SSSR count). The number of carboxylic acids is 2. The van der Waals surface area contributed by atoms with E-state index in [-0.39, 0.29) is 36.8 Å². The quantitative estimate of drug-likeness (QED) is 0.159. The minimum atomic E-state index is -1.30. The van der Waals surface area contributed by atoms with Gasteiger partial charge in [0.15, 0.2) is 0 Å². The second-order valence-corrected chi connectivity index (χ2v) is 9.87. The predicted octanol–water partition coefficient (Wildman–Crippen LogP) is 0.758. The van der Waals surface area contributed by atoms with E-state index in [2.05, 4.69) is 16.0 Å². The van der Waals surface area contributed by atoms with Crippen LogP contribution in [0.4, 0.5) is 0 Å². The highest BCUT2D eigenvalue weighted by molar-refractivity contribution is 5.94. The van der Waals surface area contributed by atoms with Gasteiger partial charge in [-0.3, -0.25) is 19.2 Å². The van der Waals surface area contributed by atoms with Crippen LogP contribution in [0.15, 0.2) is 24.3 Å². The van der Waals surface area contributed by atoms with Crippen LogP contribution in [0.5, 0.6) is 5.75 Å². The number of hydrogen-bond donors (Lipinski definition) is 7.